The van der Waals surface area contributed by atoms with Gasteiger partial charge in [0.15, 0.2) is 11.3 Å². The van der Waals surface area contributed by atoms with Gasteiger partial charge in [0.05, 0.1) is 18.8 Å². The monoisotopic (exact) mass is 427 g/mol. The van der Waals surface area contributed by atoms with Crippen LogP contribution in [0, 0.1) is 6.92 Å². The van der Waals surface area contributed by atoms with Crippen LogP contribution in [0.1, 0.15) is 26.3 Å². The molecule has 0 fully saturated rings. The fourth-order valence-corrected chi connectivity index (χ4v) is 3.24. The first kappa shape index (κ1) is 20.9. The van der Waals surface area contributed by atoms with E-state index in [4.69, 9.17) is 9.15 Å². The number of hydrogen-bond donors (Lipinski definition) is 1. The van der Waals surface area contributed by atoms with Crippen LogP contribution in [-0.4, -0.2) is 19.0 Å². The molecule has 0 atom stereocenters. The number of aryl methyl sites for hydroxylation is 1. The number of carboxylic acids is 1. The van der Waals surface area contributed by atoms with Crippen molar-refractivity contribution in [2.45, 2.75) is 6.92 Å². The molecular formula is C25H19N2O5-. The zero-order valence-corrected chi connectivity index (χ0v) is 17.4. The number of nitrogens with zero attached hydrogens (tertiary/aromatic N) is 1. The molecule has 7 heteroatoms. The number of anilines is 1. The van der Waals surface area contributed by atoms with Crippen LogP contribution in [-0.2, 0) is 0 Å². The zero-order valence-electron chi connectivity index (χ0n) is 17.4. The van der Waals surface area contributed by atoms with Gasteiger partial charge in [-0.3, -0.25) is 4.79 Å². The number of para-hydroxylation sites is 1. The van der Waals surface area contributed by atoms with E-state index in [0.29, 0.717) is 28.1 Å². The number of hydrogen-bond acceptors (Lipinski definition) is 6. The number of carboxylic acid groups (broad SMARTS) is 1. The van der Waals surface area contributed by atoms with Crippen LogP contribution in [0.25, 0.3) is 11.0 Å². The predicted molar refractivity (Wildman–Crippen MR) is 118 cm³/mol. The Morgan fingerprint density at radius 1 is 1.00 bits per heavy atom. The Morgan fingerprint density at radius 3 is 2.44 bits per heavy atom. The van der Waals surface area contributed by atoms with E-state index in [2.05, 4.69) is 10.3 Å². The molecule has 0 spiro atoms. The minimum atomic E-state index is -1.28. The lowest BCUT2D eigenvalue weighted by molar-refractivity contribution is -0.255. The summed E-state index contributed by atoms with van der Waals surface area (Å²) < 4.78 is 11.4. The van der Waals surface area contributed by atoms with Crippen molar-refractivity contribution in [3.05, 3.63) is 95.0 Å². The molecule has 0 bridgehead atoms. The van der Waals surface area contributed by atoms with Gasteiger partial charge in [-0.05, 0) is 54.4 Å². The van der Waals surface area contributed by atoms with Gasteiger partial charge in [0, 0.05) is 11.1 Å². The Hall–Kier alpha value is -4.39. The van der Waals surface area contributed by atoms with Crippen molar-refractivity contribution < 1.29 is 23.8 Å². The minimum Gasteiger partial charge on any atom is -0.545 e. The van der Waals surface area contributed by atoms with E-state index in [-0.39, 0.29) is 16.7 Å². The molecule has 0 aliphatic heterocycles. The standard InChI is InChI=1S/C25H20N2O5/c1-15-5-3-7-19(13-15)26-23(28)20-14-17-6-4-8-21(31-2)22(17)32-24(20)27-18-11-9-16(10-12-18)25(29)30/h3-14H,1-2H3,(H,26,28)(H,29,30)/p-1. The van der Waals surface area contributed by atoms with Crippen LogP contribution in [0.5, 0.6) is 5.75 Å². The summed E-state index contributed by atoms with van der Waals surface area (Å²) in [5.41, 5.74) is 2.81. The molecule has 1 amide bonds. The highest BCUT2D eigenvalue weighted by Crippen LogP contribution is 2.25. The van der Waals surface area contributed by atoms with Gasteiger partial charge < -0.3 is 24.4 Å². The molecule has 7 nitrogen and oxygen atoms in total. The van der Waals surface area contributed by atoms with Crippen molar-refractivity contribution in [1.29, 1.82) is 0 Å². The molecule has 0 radical (unpaired) electrons. The summed E-state index contributed by atoms with van der Waals surface area (Å²) in [5, 5.41) is 14.5. The molecule has 1 aromatic heterocycles. The number of aromatic carboxylic acids is 1. The molecule has 0 saturated heterocycles. The fraction of sp³-hybridized carbons (Fsp3) is 0.0800. The van der Waals surface area contributed by atoms with Gasteiger partial charge in [0.25, 0.3) is 5.91 Å². The van der Waals surface area contributed by atoms with E-state index < -0.39 is 11.9 Å². The third-order valence-electron chi connectivity index (χ3n) is 4.81. The number of benzene rings is 3. The van der Waals surface area contributed by atoms with Crippen LogP contribution >= 0.6 is 0 Å². The van der Waals surface area contributed by atoms with E-state index >= 15 is 0 Å². The number of methoxy groups -OCH3 is 1. The lowest BCUT2D eigenvalue weighted by Gasteiger charge is -2.09. The first-order valence-electron chi connectivity index (χ1n) is 9.79. The number of ether oxygens (including phenoxy) is 1. The van der Waals surface area contributed by atoms with Crippen LogP contribution < -0.4 is 20.7 Å². The fourth-order valence-electron chi connectivity index (χ4n) is 3.24. The van der Waals surface area contributed by atoms with Crippen molar-refractivity contribution in [1.82, 2.24) is 0 Å². The maximum absolute atomic E-state index is 13.1. The number of carbonyl (C=O) groups is 2. The average molecular weight is 427 g/mol. The Morgan fingerprint density at radius 2 is 1.75 bits per heavy atom. The molecule has 1 N–H and O–H groups in total. The molecule has 32 heavy (non-hydrogen) atoms. The molecule has 0 saturated carbocycles. The summed E-state index contributed by atoms with van der Waals surface area (Å²) in [6.45, 7) is 1.93. The topological polar surface area (TPSA) is 104 Å². The highest BCUT2D eigenvalue weighted by molar-refractivity contribution is 6.05. The normalized spacial score (nSPS) is 11.4. The second-order valence-electron chi connectivity index (χ2n) is 7.11. The van der Waals surface area contributed by atoms with Gasteiger partial charge >= 0.3 is 0 Å². The van der Waals surface area contributed by atoms with Crippen molar-refractivity contribution in [2.75, 3.05) is 12.4 Å². The third kappa shape index (κ3) is 4.37. The summed E-state index contributed by atoms with van der Waals surface area (Å²) in [7, 11) is 1.53. The molecule has 0 aliphatic carbocycles. The lowest BCUT2D eigenvalue weighted by Crippen LogP contribution is -2.22. The molecule has 3 aromatic carbocycles. The SMILES string of the molecule is COc1cccc2cc(C(=O)Nc3cccc(C)c3)c(=Nc3ccc(C(=O)[O-])cc3)oc12. The Balaban J connectivity index is 1.86. The summed E-state index contributed by atoms with van der Waals surface area (Å²) in [4.78, 5) is 28.6. The zero-order chi connectivity index (χ0) is 22.7. The second kappa shape index (κ2) is 8.77. The number of rotatable bonds is 5. The van der Waals surface area contributed by atoms with E-state index in [0.717, 1.165) is 5.56 Å². The smallest absolute Gasteiger partial charge is 0.261 e. The van der Waals surface area contributed by atoms with Gasteiger partial charge in [0.1, 0.15) is 5.56 Å². The van der Waals surface area contributed by atoms with Gasteiger partial charge in [-0.1, -0.05) is 36.4 Å². The Kier molecular flexibility index (Phi) is 5.72. The number of nitrogens with one attached hydrogen (secondary N) is 1. The van der Waals surface area contributed by atoms with Crippen molar-refractivity contribution in [3.63, 3.8) is 0 Å². The highest BCUT2D eigenvalue weighted by Gasteiger charge is 2.15. The third-order valence-corrected chi connectivity index (χ3v) is 4.81. The Labute approximate surface area is 183 Å². The first-order valence-corrected chi connectivity index (χ1v) is 9.79. The largest absolute Gasteiger partial charge is 0.545 e. The maximum Gasteiger partial charge on any atom is 0.261 e. The van der Waals surface area contributed by atoms with Crippen molar-refractivity contribution in [2.24, 2.45) is 4.99 Å². The second-order valence-corrected chi connectivity index (χ2v) is 7.11. The van der Waals surface area contributed by atoms with Crippen LogP contribution in [0.2, 0.25) is 0 Å². The van der Waals surface area contributed by atoms with Crippen molar-refractivity contribution >= 4 is 34.2 Å². The molecule has 1 heterocycles. The van der Waals surface area contributed by atoms with E-state index in [1.807, 2.05) is 31.2 Å². The summed E-state index contributed by atoms with van der Waals surface area (Å²) in [5.74, 6) is -1.18. The van der Waals surface area contributed by atoms with E-state index in [1.165, 1.54) is 31.4 Å². The van der Waals surface area contributed by atoms with Crippen molar-refractivity contribution in [3.8, 4) is 5.75 Å². The molecule has 0 unspecified atom stereocenters. The average Bonchev–Trinajstić information content (AvgIpc) is 2.78. The van der Waals surface area contributed by atoms with Gasteiger partial charge in [-0.25, -0.2) is 4.99 Å². The van der Waals surface area contributed by atoms with E-state index in [9.17, 15) is 14.7 Å². The molecular weight excluding hydrogens is 408 g/mol. The number of fused-ring (bicyclic) bond motifs is 1. The predicted octanol–water partition coefficient (Wildman–Crippen LogP) is 3.60. The van der Waals surface area contributed by atoms with Gasteiger partial charge in [-0.15, -0.1) is 0 Å². The summed E-state index contributed by atoms with van der Waals surface area (Å²) in [6.07, 6.45) is 0. The molecule has 4 aromatic rings. The molecule has 4 rings (SSSR count). The highest BCUT2D eigenvalue weighted by atomic mass is 16.5. The maximum atomic E-state index is 13.1. The van der Waals surface area contributed by atoms with Crippen LogP contribution in [0.15, 0.2) is 82.2 Å². The molecule has 0 aliphatic rings. The Bertz CT molecular complexity index is 1390. The number of carbonyl (C=O) groups excluding carboxylic acids is 2. The lowest BCUT2D eigenvalue weighted by atomic mass is 10.1. The summed E-state index contributed by atoms with van der Waals surface area (Å²) in [6, 6.07) is 20.2. The summed E-state index contributed by atoms with van der Waals surface area (Å²) >= 11 is 0. The first-order chi connectivity index (χ1) is 15.4. The minimum absolute atomic E-state index is 0.0264. The number of amides is 1. The molecule has 160 valence electrons. The van der Waals surface area contributed by atoms with Crippen LogP contribution in [0.4, 0.5) is 11.4 Å². The van der Waals surface area contributed by atoms with Gasteiger partial charge in [-0.2, -0.15) is 0 Å². The van der Waals surface area contributed by atoms with Gasteiger partial charge in [0.2, 0.25) is 5.55 Å². The van der Waals surface area contributed by atoms with E-state index in [1.54, 1.807) is 24.3 Å². The van der Waals surface area contributed by atoms with Crippen LogP contribution in [0.3, 0.4) is 0 Å². The quantitative estimate of drug-likeness (QED) is 0.524.